The molecule has 0 radical (unpaired) electrons. The van der Waals surface area contributed by atoms with Crippen LogP contribution in [0.5, 0.6) is 5.75 Å². The third-order valence-electron chi connectivity index (χ3n) is 2.78. The maximum atomic E-state index is 11.0. The van der Waals surface area contributed by atoms with Gasteiger partial charge >= 0.3 is 0 Å². The van der Waals surface area contributed by atoms with Crippen molar-refractivity contribution in [1.82, 2.24) is 4.98 Å². The Bertz CT molecular complexity index is 556. The molecule has 0 atom stereocenters. The molecule has 0 amide bonds. The minimum atomic E-state index is -0.0873. The highest BCUT2D eigenvalue weighted by Gasteiger charge is 2.06. The molecule has 0 aliphatic rings. The van der Waals surface area contributed by atoms with Crippen molar-refractivity contribution in [3.05, 3.63) is 51.9 Å². The van der Waals surface area contributed by atoms with Gasteiger partial charge < -0.3 is 9.72 Å². The lowest BCUT2D eigenvalue weighted by Gasteiger charge is -2.11. The van der Waals surface area contributed by atoms with Gasteiger partial charge in [-0.3, -0.25) is 4.79 Å². The molecule has 1 N–H and O–H groups in total. The zero-order valence-corrected chi connectivity index (χ0v) is 10.2. The van der Waals surface area contributed by atoms with Crippen molar-refractivity contribution >= 4 is 0 Å². The Labute approximate surface area is 100 Å². The minimum absolute atomic E-state index is 0.0873. The lowest BCUT2D eigenvalue weighted by molar-refractivity contribution is 0.408. The number of hydrogen-bond donors (Lipinski definition) is 1. The van der Waals surface area contributed by atoms with Crippen molar-refractivity contribution in [2.75, 3.05) is 7.11 Å². The molecule has 1 heterocycles. The van der Waals surface area contributed by atoms with Crippen molar-refractivity contribution in [1.29, 1.82) is 0 Å². The highest BCUT2D eigenvalue weighted by Crippen LogP contribution is 2.29. The van der Waals surface area contributed by atoms with Gasteiger partial charge in [-0.25, -0.2) is 0 Å². The van der Waals surface area contributed by atoms with E-state index in [0.29, 0.717) is 0 Å². The van der Waals surface area contributed by atoms with E-state index in [1.807, 2.05) is 19.9 Å². The zero-order chi connectivity index (χ0) is 12.4. The summed E-state index contributed by atoms with van der Waals surface area (Å²) in [6, 6.07) is 7.46. The second kappa shape index (κ2) is 4.45. The SMILES string of the molecule is COc1c(C)cc(-c2ccc(=O)[nH]c2)cc1C. The van der Waals surface area contributed by atoms with Crippen LogP contribution in [0.25, 0.3) is 11.1 Å². The Kier molecular flexibility index (Phi) is 3.00. The van der Waals surface area contributed by atoms with Gasteiger partial charge in [0.1, 0.15) is 5.75 Å². The van der Waals surface area contributed by atoms with Crippen LogP contribution in [0, 0.1) is 13.8 Å². The van der Waals surface area contributed by atoms with Gasteiger partial charge in [-0.1, -0.05) is 0 Å². The number of hydrogen-bond acceptors (Lipinski definition) is 2. The Morgan fingerprint density at radius 3 is 2.18 bits per heavy atom. The third kappa shape index (κ3) is 2.23. The molecule has 0 unspecified atom stereocenters. The fourth-order valence-corrected chi connectivity index (χ4v) is 2.03. The number of pyridine rings is 1. The van der Waals surface area contributed by atoms with Crippen molar-refractivity contribution < 1.29 is 4.74 Å². The average molecular weight is 229 g/mol. The van der Waals surface area contributed by atoms with Gasteiger partial charge in [-0.2, -0.15) is 0 Å². The van der Waals surface area contributed by atoms with Gasteiger partial charge in [0.05, 0.1) is 7.11 Å². The molecule has 1 aromatic heterocycles. The summed E-state index contributed by atoms with van der Waals surface area (Å²) in [4.78, 5) is 13.7. The maximum Gasteiger partial charge on any atom is 0.247 e. The van der Waals surface area contributed by atoms with Gasteiger partial charge in [0, 0.05) is 12.3 Å². The molecule has 0 saturated carbocycles. The Hall–Kier alpha value is -2.03. The summed E-state index contributed by atoms with van der Waals surface area (Å²) in [6.07, 6.45) is 1.73. The van der Waals surface area contributed by atoms with Crippen LogP contribution in [0.4, 0.5) is 0 Å². The Morgan fingerprint density at radius 2 is 1.71 bits per heavy atom. The smallest absolute Gasteiger partial charge is 0.247 e. The molecule has 2 aromatic rings. The van der Waals surface area contributed by atoms with E-state index >= 15 is 0 Å². The summed E-state index contributed by atoms with van der Waals surface area (Å²) in [7, 11) is 1.68. The molecule has 0 fully saturated rings. The van der Waals surface area contributed by atoms with E-state index in [4.69, 9.17) is 4.74 Å². The number of nitrogens with one attached hydrogen (secondary N) is 1. The number of aryl methyl sites for hydroxylation is 2. The van der Waals surface area contributed by atoms with E-state index in [1.54, 1.807) is 13.3 Å². The third-order valence-corrected chi connectivity index (χ3v) is 2.78. The number of benzene rings is 1. The molecule has 0 aliphatic carbocycles. The predicted molar refractivity (Wildman–Crippen MR) is 68.5 cm³/mol. The molecule has 2 rings (SSSR count). The first-order valence-corrected chi connectivity index (χ1v) is 5.46. The van der Waals surface area contributed by atoms with E-state index in [0.717, 1.165) is 28.0 Å². The van der Waals surface area contributed by atoms with E-state index in [1.165, 1.54) is 6.07 Å². The second-order valence-corrected chi connectivity index (χ2v) is 4.08. The highest BCUT2D eigenvalue weighted by atomic mass is 16.5. The molecular weight excluding hydrogens is 214 g/mol. The molecule has 1 aromatic carbocycles. The van der Waals surface area contributed by atoms with Crippen molar-refractivity contribution in [3.8, 4) is 16.9 Å². The number of H-pyrrole nitrogens is 1. The van der Waals surface area contributed by atoms with E-state index in [-0.39, 0.29) is 5.56 Å². The molecule has 3 heteroatoms. The first kappa shape index (κ1) is 11.5. The fourth-order valence-electron chi connectivity index (χ4n) is 2.03. The molecule has 0 bridgehead atoms. The quantitative estimate of drug-likeness (QED) is 0.860. The van der Waals surface area contributed by atoms with Crippen molar-refractivity contribution in [2.45, 2.75) is 13.8 Å². The van der Waals surface area contributed by atoms with Gasteiger partial charge in [-0.15, -0.1) is 0 Å². The number of methoxy groups -OCH3 is 1. The van der Waals surface area contributed by atoms with E-state index in [2.05, 4.69) is 17.1 Å². The van der Waals surface area contributed by atoms with Gasteiger partial charge in [0.25, 0.3) is 0 Å². The molecule has 0 spiro atoms. The maximum absolute atomic E-state index is 11.0. The summed E-state index contributed by atoms with van der Waals surface area (Å²) >= 11 is 0. The van der Waals surface area contributed by atoms with Crippen molar-refractivity contribution in [3.63, 3.8) is 0 Å². The average Bonchev–Trinajstić information content (AvgIpc) is 2.29. The summed E-state index contributed by atoms with van der Waals surface area (Å²) in [5.74, 6) is 0.915. The zero-order valence-electron chi connectivity index (χ0n) is 10.2. The number of aromatic amines is 1. The van der Waals surface area contributed by atoms with Crippen LogP contribution >= 0.6 is 0 Å². The van der Waals surface area contributed by atoms with Crippen LogP contribution in [0.1, 0.15) is 11.1 Å². The van der Waals surface area contributed by atoms with Crippen LogP contribution in [0.15, 0.2) is 35.3 Å². The first-order valence-electron chi connectivity index (χ1n) is 5.46. The molecule has 0 aliphatic heterocycles. The Balaban J connectivity index is 2.54. The van der Waals surface area contributed by atoms with Crippen LogP contribution in [0.2, 0.25) is 0 Å². The predicted octanol–water partition coefficient (Wildman–Crippen LogP) is 2.67. The normalized spacial score (nSPS) is 10.3. The fraction of sp³-hybridized carbons (Fsp3) is 0.214. The van der Waals surface area contributed by atoms with Crippen LogP contribution in [-0.4, -0.2) is 12.1 Å². The number of rotatable bonds is 2. The molecule has 3 nitrogen and oxygen atoms in total. The first-order chi connectivity index (χ1) is 8.11. The number of aromatic nitrogens is 1. The summed E-state index contributed by atoms with van der Waals surface area (Å²) < 4.78 is 5.33. The molecular formula is C14H15NO2. The highest BCUT2D eigenvalue weighted by molar-refractivity contribution is 5.66. The largest absolute Gasteiger partial charge is 0.496 e. The lowest BCUT2D eigenvalue weighted by Crippen LogP contribution is -2.01. The van der Waals surface area contributed by atoms with Gasteiger partial charge in [-0.05, 0) is 54.3 Å². The monoisotopic (exact) mass is 229 g/mol. The second-order valence-electron chi connectivity index (χ2n) is 4.08. The van der Waals surface area contributed by atoms with Crippen LogP contribution < -0.4 is 10.3 Å². The minimum Gasteiger partial charge on any atom is -0.496 e. The Morgan fingerprint density at radius 1 is 1.06 bits per heavy atom. The number of ether oxygens (including phenoxy) is 1. The van der Waals surface area contributed by atoms with E-state index in [9.17, 15) is 4.79 Å². The van der Waals surface area contributed by atoms with Crippen molar-refractivity contribution in [2.24, 2.45) is 0 Å². The standard InChI is InChI=1S/C14H15NO2/c1-9-6-12(7-10(2)14(9)17-3)11-4-5-13(16)15-8-11/h4-8H,1-3H3,(H,15,16). The summed E-state index contributed by atoms with van der Waals surface area (Å²) in [5.41, 5.74) is 4.17. The summed E-state index contributed by atoms with van der Waals surface area (Å²) in [5, 5.41) is 0. The summed E-state index contributed by atoms with van der Waals surface area (Å²) in [6.45, 7) is 4.03. The lowest BCUT2D eigenvalue weighted by atomic mass is 10.0. The van der Waals surface area contributed by atoms with Gasteiger partial charge in [0.2, 0.25) is 5.56 Å². The van der Waals surface area contributed by atoms with Gasteiger partial charge in [0.15, 0.2) is 0 Å². The van der Waals surface area contributed by atoms with Crippen LogP contribution in [0.3, 0.4) is 0 Å². The molecule has 0 saturated heterocycles. The van der Waals surface area contributed by atoms with Crippen LogP contribution in [-0.2, 0) is 0 Å². The topological polar surface area (TPSA) is 42.1 Å². The molecule has 17 heavy (non-hydrogen) atoms. The van der Waals surface area contributed by atoms with E-state index < -0.39 is 0 Å². The molecule has 88 valence electrons.